The average Bonchev–Trinajstić information content (AvgIpc) is 2.78. The molecule has 1 aliphatic rings. The summed E-state index contributed by atoms with van der Waals surface area (Å²) < 4.78 is 31.4. The van der Waals surface area contributed by atoms with Gasteiger partial charge in [-0.3, -0.25) is 4.79 Å². The molecular weight excluding hydrogens is 426 g/mol. The van der Waals surface area contributed by atoms with E-state index >= 15 is 0 Å². The number of piperidine rings is 1. The van der Waals surface area contributed by atoms with Gasteiger partial charge in [0.25, 0.3) is 0 Å². The molecule has 8 nitrogen and oxygen atoms in total. The third kappa shape index (κ3) is 5.59. The second kappa shape index (κ2) is 10.1. The molecule has 1 fully saturated rings. The molecule has 30 heavy (non-hydrogen) atoms. The van der Waals surface area contributed by atoms with Crippen molar-refractivity contribution in [3.63, 3.8) is 0 Å². The zero-order valence-corrected chi connectivity index (χ0v) is 18.2. The van der Waals surface area contributed by atoms with Crippen LogP contribution in [0.4, 0.5) is 5.69 Å². The fraction of sp³-hybridized carbons (Fsp3) is 0.350. The number of nitrogens with one attached hydrogen (secondary N) is 1. The molecule has 0 bridgehead atoms. The van der Waals surface area contributed by atoms with E-state index in [9.17, 15) is 18.0 Å². The maximum atomic E-state index is 12.6. The first-order valence-corrected chi connectivity index (χ1v) is 11.9. The van der Waals surface area contributed by atoms with Crippen molar-refractivity contribution in [3.05, 3.63) is 48.2 Å². The van der Waals surface area contributed by atoms with E-state index in [4.69, 9.17) is 0 Å². The lowest BCUT2D eigenvalue weighted by atomic mass is 10.2. The van der Waals surface area contributed by atoms with Crippen LogP contribution in [-0.4, -0.2) is 55.5 Å². The normalized spacial score (nSPS) is 14.8. The minimum Gasteiger partial charge on any atom is -0.465 e. The van der Waals surface area contributed by atoms with Gasteiger partial charge in [-0.25, -0.2) is 18.2 Å². The Morgan fingerprint density at radius 3 is 2.40 bits per heavy atom. The molecule has 1 aliphatic heterocycles. The second-order valence-electron chi connectivity index (χ2n) is 6.70. The molecule has 1 aromatic carbocycles. The van der Waals surface area contributed by atoms with Gasteiger partial charge in [0.15, 0.2) is 0 Å². The highest BCUT2D eigenvalue weighted by atomic mass is 32.2. The summed E-state index contributed by atoms with van der Waals surface area (Å²) in [6, 6.07) is 9.51. The molecular formula is C20H23N3O5S2. The quantitative estimate of drug-likeness (QED) is 0.512. The Morgan fingerprint density at radius 2 is 1.80 bits per heavy atom. The van der Waals surface area contributed by atoms with E-state index in [0.717, 1.165) is 19.3 Å². The number of benzene rings is 1. The molecule has 1 aromatic heterocycles. The van der Waals surface area contributed by atoms with Crippen molar-refractivity contribution < 1.29 is 22.7 Å². The van der Waals surface area contributed by atoms with E-state index in [2.05, 4.69) is 15.0 Å². The van der Waals surface area contributed by atoms with E-state index < -0.39 is 16.0 Å². The lowest BCUT2D eigenvalue weighted by Gasteiger charge is -2.25. The first-order chi connectivity index (χ1) is 14.4. The smallest absolute Gasteiger partial charge is 0.337 e. The SMILES string of the molecule is COC(=O)c1ccc(NC(=O)CSc2ccc(S(=O)(=O)N3CCCCC3)cn2)cc1. The van der Waals surface area contributed by atoms with Crippen molar-refractivity contribution in [3.8, 4) is 0 Å². The van der Waals surface area contributed by atoms with E-state index in [1.165, 1.54) is 35.4 Å². The first-order valence-electron chi connectivity index (χ1n) is 9.47. The third-order valence-electron chi connectivity index (χ3n) is 4.60. The zero-order chi connectivity index (χ0) is 21.6. The van der Waals surface area contributed by atoms with Crippen molar-refractivity contribution >= 4 is 39.3 Å². The van der Waals surface area contributed by atoms with Gasteiger partial charge in [0.05, 0.1) is 23.5 Å². The molecule has 0 aliphatic carbocycles. The minimum absolute atomic E-state index is 0.115. The van der Waals surface area contributed by atoms with Crippen LogP contribution in [0.3, 0.4) is 0 Å². The maximum Gasteiger partial charge on any atom is 0.337 e. The fourth-order valence-corrected chi connectivity index (χ4v) is 5.11. The number of pyridine rings is 1. The van der Waals surface area contributed by atoms with Crippen LogP contribution in [0, 0.1) is 0 Å². The Hall–Kier alpha value is -2.43. The van der Waals surface area contributed by atoms with Crippen LogP contribution < -0.4 is 5.32 Å². The third-order valence-corrected chi connectivity index (χ3v) is 7.43. The summed E-state index contributed by atoms with van der Waals surface area (Å²) in [6.45, 7) is 1.08. The topological polar surface area (TPSA) is 106 Å². The lowest BCUT2D eigenvalue weighted by molar-refractivity contribution is -0.113. The molecule has 160 valence electrons. The van der Waals surface area contributed by atoms with Gasteiger partial charge in [-0.05, 0) is 49.2 Å². The number of aromatic nitrogens is 1. The molecule has 0 saturated carbocycles. The number of carbonyl (C=O) groups is 2. The molecule has 3 rings (SSSR count). The van der Waals surface area contributed by atoms with Crippen molar-refractivity contribution in [2.75, 3.05) is 31.3 Å². The van der Waals surface area contributed by atoms with Gasteiger partial charge in [0.2, 0.25) is 15.9 Å². The number of methoxy groups -OCH3 is 1. The number of nitrogens with zero attached hydrogens (tertiary/aromatic N) is 2. The average molecular weight is 450 g/mol. The molecule has 0 spiro atoms. The molecule has 0 radical (unpaired) electrons. The predicted octanol–water partition coefficient (Wildman–Crippen LogP) is 2.77. The molecule has 2 aromatic rings. The van der Waals surface area contributed by atoms with Crippen LogP contribution in [0.2, 0.25) is 0 Å². The number of hydrogen-bond donors (Lipinski definition) is 1. The van der Waals surface area contributed by atoms with Gasteiger partial charge in [-0.15, -0.1) is 0 Å². The highest BCUT2D eigenvalue weighted by molar-refractivity contribution is 7.99. The highest BCUT2D eigenvalue weighted by Gasteiger charge is 2.26. The summed E-state index contributed by atoms with van der Waals surface area (Å²) in [5.41, 5.74) is 0.956. The van der Waals surface area contributed by atoms with Crippen molar-refractivity contribution in [1.29, 1.82) is 0 Å². The first kappa shape index (κ1) is 22.3. The standard InChI is InChI=1S/C20H23N3O5S2/c1-28-20(25)15-5-7-16(8-6-15)22-18(24)14-29-19-10-9-17(13-21-19)30(26,27)23-11-3-2-4-12-23/h5-10,13H,2-4,11-12,14H2,1H3,(H,22,24). The summed E-state index contributed by atoms with van der Waals surface area (Å²) in [6.07, 6.45) is 4.15. The Morgan fingerprint density at radius 1 is 1.10 bits per heavy atom. The molecule has 2 heterocycles. The second-order valence-corrected chi connectivity index (χ2v) is 9.64. The van der Waals surface area contributed by atoms with Gasteiger partial charge in [0, 0.05) is 25.0 Å². The van der Waals surface area contributed by atoms with Gasteiger partial charge in [0.1, 0.15) is 4.90 Å². The van der Waals surface area contributed by atoms with Crippen LogP contribution in [0.15, 0.2) is 52.5 Å². The highest BCUT2D eigenvalue weighted by Crippen LogP contribution is 2.22. The number of esters is 1. The maximum absolute atomic E-state index is 12.6. The minimum atomic E-state index is -3.51. The van der Waals surface area contributed by atoms with E-state index in [-0.39, 0.29) is 16.6 Å². The molecule has 1 N–H and O–H groups in total. The van der Waals surface area contributed by atoms with Crippen LogP contribution in [0.1, 0.15) is 29.6 Å². The Bertz CT molecular complexity index is 986. The van der Waals surface area contributed by atoms with Crippen molar-refractivity contribution in [2.24, 2.45) is 0 Å². The Kier molecular flexibility index (Phi) is 7.46. The summed E-state index contributed by atoms with van der Waals surface area (Å²) in [5.74, 6) is -0.567. The summed E-state index contributed by atoms with van der Waals surface area (Å²) in [4.78, 5) is 27.9. The Labute approximate surface area is 180 Å². The number of hydrogen-bond acceptors (Lipinski definition) is 7. The number of anilines is 1. The number of carbonyl (C=O) groups excluding carboxylic acids is 2. The van der Waals surface area contributed by atoms with Gasteiger partial charge in [-0.1, -0.05) is 18.2 Å². The predicted molar refractivity (Wildman–Crippen MR) is 114 cm³/mol. The molecule has 0 atom stereocenters. The van der Waals surface area contributed by atoms with Crippen LogP contribution in [-0.2, 0) is 19.6 Å². The lowest BCUT2D eigenvalue weighted by Crippen LogP contribution is -2.35. The van der Waals surface area contributed by atoms with E-state index in [1.54, 1.807) is 30.3 Å². The summed E-state index contributed by atoms with van der Waals surface area (Å²) in [7, 11) is -2.21. The Balaban J connectivity index is 1.53. The van der Waals surface area contributed by atoms with Gasteiger partial charge < -0.3 is 10.1 Å². The van der Waals surface area contributed by atoms with E-state index in [0.29, 0.717) is 29.4 Å². The van der Waals surface area contributed by atoms with Crippen LogP contribution >= 0.6 is 11.8 Å². The van der Waals surface area contributed by atoms with Gasteiger partial charge >= 0.3 is 5.97 Å². The molecule has 10 heteroatoms. The number of ether oxygens (including phenoxy) is 1. The monoisotopic (exact) mass is 449 g/mol. The number of sulfonamides is 1. The van der Waals surface area contributed by atoms with Crippen molar-refractivity contribution in [2.45, 2.75) is 29.2 Å². The van der Waals surface area contributed by atoms with Crippen LogP contribution in [0.25, 0.3) is 0 Å². The number of thioether (sulfide) groups is 1. The number of amides is 1. The summed E-state index contributed by atoms with van der Waals surface area (Å²) in [5, 5.41) is 3.29. The van der Waals surface area contributed by atoms with Gasteiger partial charge in [-0.2, -0.15) is 4.31 Å². The molecule has 1 amide bonds. The fourth-order valence-electron chi connectivity index (χ4n) is 3.00. The number of rotatable bonds is 7. The van der Waals surface area contributed by atoms with E-state index in [1.807, 2.05) is 0 Å². The summed E-state index contributed by atoms with van der Waals surface area (Å²) >= 11 is 1.21. The zero-order valence-electron chi connectivity index (χ0n) is 16.5. The molecule has 0 unspecified atom stereocenters. The van der Waals surface area contributed by atoms with Crippen LogP contribution in [0.5, 0.6) is 0 Å². The van der Waals surface area contributed by atoms with Crippen molar-refractivity contribution in [1.82, 2.24) is 9.29 Å². The molecule has 1 saturated heterocycles. The largest absolute Gasteiger partial charge is 0.465 e.